The minimum absolute atomic E-state index is 0.0375. The molecular weight excluding hydrogens is 504 g/mol. The predicted octanol–water partition coefficient (Wildman–Crippen LogP) is 1.90. The summed E-state index contributed by atoms with van der Waals surface area (Å²) in [6.45, 7) is -0.400. The van der Waals surface area contributed by atoms with Gasteiger partial charge in [0.05, 0.1) is 22.2 Å². The number of hydrogen-bond acceptors (Lipinski definition) is 8. The fourth-order valence-corrected chi connectivity index (χ4v) is 3.46. The first kappa shape index (κ1) is 23.4. The maximum Gasteiger partial charge on any atom is 0.335 e. The van der Waals surface area contributed by atoms with Crippen LogP contribution in [0.2, 0.25) is 0 Å². The number of non-ortho nitro benzene ring substituents is 1. The maximum absolute atomic E-state index is 13.0. The van der Waals surface area contributed by atoms with E-state index in [1.807, 2.05) is 0 Å². The minimum atomic E-state index is -0.995. The number of benzene rings is 2. The number of primary amides is 1. The summed E-state index contributed by atoms with van der Waals surface area (Å²) in [4.78, 5) is 59.5. The molecule has 33 heavy (non-hydrogen) atoms. The average Bonchev–Trinajstić information content (AvgIpc) is 2.75. The second-order valence-corrected chi connectivity index (χ2v) is 7.37. The Labute approximate surface area is 194 Å². The number of nitro benzene ring substituents is 1. The molecule has 2 aromatic carbocycles. The van der Waals surface area contributed by atoms with Crippen molar-refractivity contribution in [3.8, 4) is 11.5 Å². The molecule has 3 rings (SSSR count). The highest BCUT2D eigenvalue weighted by Crippen LogP contribution is 2.37. The van der Waals surface area contributed by atoms with E-state index in [0.717, 1.165) is 12.1 Å². The molecule has 1 heterocycles. The first-order valence-electron chi connectivity index (χ1n) is 9.07. The number of urea groups is 1. The third-order valence-corrected chi connectivity index (χ3v) is 4.93. The SMILES string of the molecule is COc1cc(/C=C2\C(=O)NC(=O)N(c3ccc([N+](=O)[O-])cc3)C2=O)cc(Br)c1OCC(N)=O. The molecule has 12 nitrogen and oxygen atoms in total. The second kappa shape index (κ2) is 9.48. The number of hydrogen-bond donors (Lipinski definition) is 2. The van der Waals surface area contributed by atoms with Gasteiger partial charge in [-0.2, -0.15) is 0 Å². The van der Waals surface area contributed by atoms with Crippen LogP contribution in [-0.4, -0.2) is 42.4 Å². The number of imide groups is 2. The van der Waals surface area contributed by atoms with Crippen LogP contribution in [0, 0.1) is 10.1 Å². The number of ether oxygens (including phenoxy) is 2. The van der Waals surface area contributed by atoms with Crippen LogP contribution in [0.25, 0.3) is 6.08 Å². The predicted molar refractivity (Wildman–Crippen MR) is 117 cm³/mol. The third kappa shape index (κ3) is 4.98. The second-order valence-electron chi connectivity index (χ2n) is 6.52. The average molecular weight is 519 g/mol. The fourth-order valence-electron chi connectivity index (χ4n) is 2.89. The lowest BCUT2D eigenvalue weighted by Gasteiger charge is -2.26. The largest absolute Gasteiger partial charge is 0.493 e. The molecule has 0 bridgehead atoms. The fraction of sp³-hybridized carbons (Fsp3) is 0.100. The van der Waals surface area contributed by atoms with E-state index in [1.165, 1.54) is 37.5 Å². The topological polar surface area (TPSA) is 171 Å². The van der Waals surface area contributed by atoms with Crippen molar-refractivity contribution >= 4 is 57.1 Å². The zero-order valence-electron chi connectivity index (χ0n) is 16.9. The van der Waals surface area contributed by atoms with Gasteiger partial charge < -0.3 is 15.2 Å². The van der Waals surface area contributed by atoms with E-state index in [1.54, 1.807) is 0 Å². The number of halogens is 1. The summed E-state index contributed by atoms with van der Waals surface area (Å²) in [5.74, 6) is -2.19. The minimum Gasteiger partial charge on any atom is -0.493 e. The molecule has 170 valence electrons. The standard InChI is InChI=1S/C20H15BrN4O8/c1-32-15-8-10(7-14(21)17(15)33-9-16(22)26)6-13-18(27)23-20(29)24(19(13)28)11-2-4-12(5-3-11)25(30)31/h2-8H,9H2,1H3,(H2,22,26)(H,23,27,29)/b13-6+. The van der Waals surface area contributed by atoms with Crippen LogP contribution in [-0.2, 0) is 14.4 Å². The van der Waals surface area contributed by atoms with Gasteiger partial charge in [-0.15, -0.1) is 0 Å². The van der Waals surface area contributed by atoms with Crippen LogP contribution in [0.15, 0.2) is 46.4 Å². The number of carbonyl (C=O) groups is 4. The lowest BCUT2D eigenvalue weighted by molar-refractivity contribution is -0.384. The number of methoxy groups -OCH3 is 1. The summed E-state index contributed by atoms with van der Waals surface area (Å²) in [6.07, 6.45) is 1.23. The summed E-state index contributed by atoms with van der Waals surface area (Å²) in [6, 6.07) is 6.64. The van der Waals surface area contributed by atoms with Crippen LogP contribution in [0.5, 0.6) is 11.5 Å². The van der Waals surface area contributed by atoms with E-state index in [4.69, 9.17) is 15.2 Å². The number of amides is 5. The van der Waals surface area contributed by atoms with Gasteiger partial charge in [0.15, 0.2) is 18.1 Å². The van der Waals surface area contributed by atoms with Gasteiger partial charge in [0.1, 0.15) is 5.57 Å². The highest BCUT2D eigenvalue weighted by atomic mass is 79.9. The first-order chi connectivity index (χ1) is 15.6. The number of nitrogens with one attached hydrogen (secondary N) is 1. The highest BCUT2D eigenvalue weighted by Gasteiger charge is 2.37. The number of anilines is 1. The van der Waals surface area contributed by atoms with E-state index < -0.39 is 35.3 Å². The summed E-state index contributed by atoms with van der Waals surface area (Å²) in [7, 11) is 1.35. The van der Waals surface area contributed by atoms with Crippen molar-refractivity contribution in [3.05, 3.63) is 62.1 Å². The maximum atomic E-state index is 13.0. The molecule has 1 aliphatic rings. The van der Waals surface area contributed by atoms with Crippen molar-refractivity contribution in [1.82, 2.24) is 5.32 Å². The van der Waals surface area contributed by atoms with Crippen LogP contribution in [0.4, 0.5) is 16.2 Å². The Morgan fingerprint density at radius 2 is 1.91 bits per heavy atom. The molecule has 13 heteroatoms. The quantitative estimate of drug-likeness (QED) is 0.242. The summed E-state index contributed by atoms with van der Waals surface area (Å²) in [5, 5.41) is 12.9. The number of rotatable bonds is 7. The zero-order chi connectivity index (χ0) is 24.3. The molecule has 0 aromatic heterocycles. The first-order valence-corrected chi connectivity index (χ1v) is 9.86. The van der Waals surface area contributed by atoms with Gasteiger partial charge in [-0.3, -0.25) is 29.8 Å². The molecule has 3 N–H and O–H groups in total. The van der Waals surface area contributed by atoms with Gasteiger partial charge in [0, 0.05) is 12.1 Å². The normalized spacial score (nSPS) is 14.8. The molecule has 5 amide bonds. The Balaban J connectivity index is 1.98. The molecule has 2 aromatic rings. The Morgan fingerprint density at radius 3 is 2.48 bits per heavy atom. The lowest BCUT2D eigenvalue weighted by atomic mass is 10.1. The van der Waals surface area contributed by atoms with E-state index in [0.29, 0.717) is 14.9 Å². The van der Waals surface area contributed by atoms with E-state index in [9.17, 15) is 29.3 Å². The lowest BCUT2D eigenvalue weighted by Crippen LogP contribution is -2.54. The Kier molecular flexibility index (Phi) is 6.72. The molecule has 1 saturated heterocycles. The summed E-state index contributed by atoms with van der Waals surface area (Å²) >= 11 is 3.27. The Morgan fingerprint density at radius 1 is 1.24 bits per heavy atom. The highest BCUT2D eigenvalue weighted by molar-refractivity contribution is 9.10. The molecule has 0 saturated carbocycles. The molecular formula is C20H15BrN4O8. The molecule has 0 aliphatic carbocycles. The smallest absolute Gasteiger partial charge is 0.335 e. The van der Waals surface area contributed by atoms with E-state index in [2.05, 4.69) is 21.2 Å². The number of nitrogens with zero attached hydrogens (tertiary/aromatic N) is 2. The Hall–Kier alpha value is -4.26. The van der Waals surface area contributed by atoms with Crippen LogP contribution in [0.3, 0.4) is 0 Å². The van der Waals surface area contributed by atoms with Gasteiger partial charge in [0.25, 0.3) is 23.4 Å². The van der Waals surface area contributed by atoms with E-state index >= 15 is 0 Å². The van der Waals surface area contributed by atoms with Gasteiger partial charge in [-0.1, -0.05) is 0 Å². The summed E-state index contributed by atoms with van der Waals surface area (Å²) < 4.78 is 10.9. The van der Waals surface area contributed by atoms with Crippen molar-refractivity contribution in [3.63, 3.8) is 0 Å². The molecule has 1 aliphatic heterocycles. The van der Waals surface area contributed by atoms with Gasteiger partial charge in [-0.05, 0) is 51.8 Å². The van der Waals surface area contributed by atoms with Crippen molar-refractivity contribution in [2.75, 3.05) is 18.6 Å². The van der Waals surface area contributed by atoms with Gasteiger partial charge in [-0.25, -0.2) is 9.69 Å². The molecule has 0 unspecified atom stereocenters. The molecule has 0 radical (unpaired) electrons. The zero-order valence-corrected chi connectivity index (χ0v) is 18.5. The summed E-state index contributed by atoms with van der Waals surface area (Å²) in [5.41, 5.74) is 4.86. The van der Waals surface area contributed by atoms with Crippen LogP contribution >= 0.6 is 15.9 Å². The number of nitrogens with two attached hydrogens (primary N) is 1. The number of carbonyl (C=O) groups excluding carboxylic acids is 4. The Bertz CT molecular complexity index is 1210. The van der Waals surface area contributed by atoms with Crippen molar-refractivity contribution in [1.29, 1.82) is 0 Å². The molecule has 0 atom stereocenters. The van der Waals surface area contributed by atoms with Gasteiger partial charge in [0.2, 0.25) is 0 Å². The number of nitro groups is 1. The molecule has 0 spiro atoms. The van der Waals surface area contributed by atoms with Crippen molar-refractivity contribution in [2.45, 2.75) is 0 Å². The van der Waals surface area contributed by atoms with Crippen molar-refractivity contribution < 1.29 is 33.6 Å². The van der Waals surface area contributed by atoms with Crippen molar-refractivity contribution in [2.24, 2.45) is 5.73 Å². The number of barbiturate groups is 1. The van der Waals surface area contributed by atoms with E-state index in [-0.39, 0.29) is 28.4 Å². The van der Waals surface area contributed by atoms with Crippen LogP contribution in [0.1, 0.15) is 5.56 Å². The molecule has 1 fully saturated rings. The van der Waals surface area contributed by atoms with Gasteiger partial charge >= 0.3 is 6.03 Å². The third-order valence-electron chi connectivity index (χ3n) is 4.34. The van der Waals surface area contributed by atoms with Crippen LogP contribution < -0.4 is 25.4 Å². The monoisotopic (exact) mass is 518 g/mol.